The first-order valence-electron chi connectivity index (χ1n) is 6.86. The minimum Gasteiger partial charge on any atom is -0.319 e. The fourth-order valence-corrected chi connectivity index (χ4v) is 2.95. The quantitative estimate of drug-likeness (QED) is 0.713. The van der Waals surface area contributed by atoms with Crippen molar-refractivity contribution in [3.8, 4) is 0 Å². The van der Waals surface area contributed by atoms with Crippen molar-refractivity contribution in [3.05, 3.63) is 19.0 Å². The molecule has 1 heterocycles. The second kappa shape index (κ2) is 7.35. The van der Waals surface area contributed by atoms with Gasteiger partial charge in [-0.3, -0.25) is 0 Å². The van der Waals surface area contributed by atoms with Crippen molar-refractivity contribution in [2.75, 3.05) is 18.8 Å². The van der Waals surface area contributed by atoms with E-state index >= 15 is 0 Å². The standard InChI is InChI=1S/C13H22N4O3S/c1-5-7-16(9-11(3)4)13(18)17-10-14-12(15-17)21(19,20)8-6-2/h5,10-11H,1,6-9H2,2-4H3. The summed E-state index contributed by atoms with van der Waals surface area (Å²) in [6.45, 7) is 10.3. The summed E-state index contributed by atoms with van der Waals surface area (Å²) in [6.07, 6.45) is 3.23. The van der Waals surface area contributed by atoms with Crippen LogP contribution in [0.25, 0.3) is 0 Å². The van der Waals surface area contributed by atoms with E-state index < -0.39 is 15.9 Å². The summed E-state index contributed by atoms with van der Waals surface area (Å²) in [7, 11) is -3.52. The molecule has 0 saturated heterocycles. The first kappa shape index (κ1) is 17.4. The average Bonchev–Trinajstić information content (AvgIpc) is 2.87. The van der Waals surface area contributed by atoms with Crippen molar-refractivity contribution in [2.45, 2.75) is 32.3 Å². The van der Waals surface area contributed by atoms with E-state index in [-0.39, 0.29) is 16.8 Å². The number of carbonyl (C=O) groups is 1. The van der Waals surface area contributed by atoms with Gasteiger partial charge in [0, 0.05) is 13.1 Å². The summed E-state index contributed by atoms with van der Waals surface area (Å²) in [5.74, 6) is 0.244. The van der Waals surface area contributed by atoms with Crippen LogP contribution in [0.15, 0.2) is 24.1 Å². The van der Waals surface area contributed by atoms with E-state index in [4.69, 9.17) is 0 Å². The van der Waals surface area contributed by atoms with Gasteiger partial charge in [0.2, 0.25) is 9.84 Å². The first-order chi connectivity index (χ1) is 9.81. The minimum absolute atomic E-state index is 0.0342. The highest BCUT2D eigenvalue weighted by molar-refractivity contribution is 7.91. The molecule has 0 atom stereocenters. The summed E-state index contributed by atoms with van der Waals surface area (Å²) in [6, 6.07) is -0.408. The lowest BCUT2D eigenvalue weighted by Gasteiger charge is -2.22. The predicted molar refractivity (Wildman–Crippen MR) is 79.8 cm³/mol. The van der Waals surface area contributed by atoms with E-state index in [1.54, 1.807) is 17.9 Å². The van der Waals surface area contributed by atoms with Crippen LogP contribution in [-0.2, 0) is 9.84 Å². The van der Waals surface area contributed by atoms with Gasteiger partial charge in [-0.1, -0.05) is 26.8 Å². The second-order valence-corrected chi connectivity index (χ2v) is 7.16. The summed E-state index contributed by atoms with van der Waals surface area (Å²) in [5.41, 5.74) is 0. The van der Waals surface area contributed by atoms with Gasteiger partial charge in [0.15, 0.2) is 0 Å². The molecule has 21 heavy (non-hydrogen) atoms. The van der Waals surface area contributed by atoms with Crippen molar-refractivity contribution in [3.63, 3.8) is 0 Å². The molecule has 1 aromatic heterocycles. The highest BCUT2D eigenvalue weighted by Crippen LogP contribution is 2.07. The SMILES string of the molecule is C=CCN(CC(C)C)C(=O)n1cnc(S(=O)(=O)CCC)n1. The van der Waals surface area contributed by atoms with Crippen molar-refractivity contribution in [1.29, 1.82) is 0 Å². The van der Waals surface area contributed by atoms with Gasteiger partial charge < -0.3 is 4.90 Å². The van der Waals surface area contributed by atoms with E-state index in [9.17, 15) is 13.2 Å². The van der Waals surface area contributed by atoms with Crippen molar-refractivity contribution in [2.24, 2.45) is 5.92 Å². The molecule has 1 amide bonds. The Kier molecular flexibility index (Phi) is 6.07. The molecule has 0 aliphatic heterocycles. The Labute approximate surface area is 125 Å². The molecule has 0 fully saturated rings. The van der Waals surface area contributed by atoms with Crippen LogP contribution >= 0.6 is 0 Å². The third-order valence-electron chi connectivity index (χ3n) is 2.62. The second-order valence-electron chi connectivity index (χ2n) is 5.16. The van der Waals surface area contributed by atoms with Crippen LogP contribution in [-0.4, -0.2) is 53.0 Å². The predicted octanol–water partition coefficient (Wildman–Crippen LogP) is 1.57. The third kappa shape index (κ3) is 4.66. The molecule has 0 N–H and O–H groups in total. The van der Waals surface area contributed by atoms with Crippen LogP contribution in [0.5, 0.6) is 0 Å². The number of aromatic nitrogens is 3. The van der Waals surface area contributed by atoms with Crippen molar-refractivity contribution in [1.82, 2.24) is 19.7 Å². The molecule has 1 rings (SSSR count). The van der Waals surface area contributed by atoms with Crippen LogP contribution in [0.2, 0.25) is 0 Å². The van der Waals surface area contributed by atoms with Gasteiger partial charge in [-0.15, -0.1) is 11.7 Å². The number of sulfone groups is 1. The molecule has 1 aromatic rings. The van der Waals surface area contributed by atoms with E-state index in [0.29, 0.717) is 19.5 Å². The van der Waals surface area contributed by atoms with E-state index in [2.05, 4.69) is 16.7 Å². The Hall–Kier alpha value is -1.70. The van der Waals surface area contributed by atoms with Gasteiger partial charge in [0.1, 0.15) is 6.33 Å². The lowest BCUT2D eigenvalue weighted by atomic mass is 10.2. The molecule has 0 spiro atoms. The maximum atomic E-state index is 12.3. The molecule has 0 aromatic carbocycles. The molecular weight excluding hydrogens is 292 g/mol. The smallest absolute Gasteiger partial charge is 0.319 e. The third-order valence-corrected chi connectivity index (χ3v) is 4.31. The monoisotopic (exact) mass is 314 g/mol. The van der Waals surface area contributed by atoms with E-state index in [0.717, 1.165) is 11.0 Å². The molecular formula is C13H22N4O3S. The number of nitrogens with zero attached hydrogens (tertiary/aromatic N) is 4. The minimum atomic E-state index is -3.52. The van der Waals surface area contributed by atoms with E-state index in [1.165, 1.54) is 0 Å². The highest BCUT2D eigenvalue weighted by atomic mass is 32.2. The lowest BCUT2D eigenvalue weighted by Crippen LogP contribution is -2.37. The van der Waals surface area contributed by atoms with Gasteiger partial charge in [-0.05, 0) is 12.3 Å². The fraction of sp³-hybridized carbons (Fsp3) is 0.615. The Morgan fingerprint density at radius 2 is 2.19 bits per heavy atom. The topological polar surface area (TPSA) is 85.2 Å². The Morgan fingerprint density at radius 3 is 2.71 bits per heavy atom. The number of hydrogen-bond donors (Lipinski definition) is 0. The van der Waals surface area contributed by atoms with Crippen LogP contribution in [0.4, 0.5) is 4.79 Å². The Morgan fingerprint density at radius 1 is 1.52 bits per heavy atom. The Bertz CT molecular complexity index is 592. The normalized spacial score (nSPS) is 11.6. The highest BCUT2D eigenvalue weighted by Gasteiger charge is 2.22. The van der Waals surface area contributed by atoms with Crippen LogP contribution in [0.1, 0.15) is 27.2 Å². The molecule has 0 bridgehead atoms. The average molecular weight is 314 g/mol. The Balaban J connectivity index is 2.97. The summed E-state index contributed by atoms with van der Waals surface area (Å²) in [5, 5.41) is 3.50. The molecule has 118 valence electrons. The van der Waals surface area contributed by atoms with Gasteiger partial charge in [-0.25, -0.2) is 18.2 Å². The van der Waals surface area contributed by atoms with Crippen molar-refractivity contribution < 1.29 is 13.2 Å². The van der Waals surface area contributed by atoms with Gasteiger partial charge >= 0.3 is 6.03 Å². The fourth-order valence-electron chi connectivity index (χ4n) is 1.81. The molecule has 0 aliphatic carbocycles. The zero-order valence-electron chi connectivity index (χ0n) is 12.7. The van der Waals surface area contributed by atoms with Crippen LogP contribution < -0.4 is 0 Å². The maximum absolute atomic E-state index is 12.3. The number of rotatable bonds is 7. The molecule has 8 heteroatoms. The molecule has 7 nitrogen and oxygen atoms in total. The zero-order valence-corrected chi connectivity index (χ0v) is 13.5. The van der Waals surface area contributed by atoms with Gasteiger partial charge in [0.05, 0.1) is 5.75 Å². The van der Waals surface area contributed by atoms with Crippen LogP contribution in [0.3, 0.4) is 0 Å². The number of carbonyl (C=O) groups excluding carboxylic acids is 1. The van der Waals surface area contributed by atoms with Gasteiger partial charge in [-0.2, -0.15) is 4.68 Å². The largest absolute Gasteiger partial charge is 0.346 e. The zero-order chi connectivity index (χ0) is 16.0. The molecule has 0 radical (unpaired) electrons. The first-order valence-corrected chi connectivity index (χ1v) is 8.51. The van der Waals surface area contributed by atoms with Gasteiger partial charge in [0.25, 0.3) is 5.16 Å². The number of amides is 1. The number of hydrogen-bond acceptors (Lipinski definition) is 5. The summed E-state index contributed by atoms with van der Waals surface area (Å²) < 4.78 is 24.7. The lowest BCUT2D eigenvalue weighted by molar-refractivity contribution is 0.195. The van der Waals surface area contributed by atoms with Crippen molar-refractivity contribution >= 4 is 15.9 Å². The maximum Gasteiger partial charge on any atom is 0.346 e. The van der Waals surface area contributed by atoms with Crippen LogP contribution in [0, 0.1) is 5.92 Å². The van der Waals surface area contributed by atoms with E-state index in [1.807, 2.05) is 13.8 Å². The summed E-state index contributed by atoms with van der Waals surface area (Å²) >= 11 is 0. The molecule has 0 saturated carbocycles. The summed E-state index contributed by atoms with van der Waals surface area (Å²) in [4.78, 5) is 17.6. The molecule has 0 unspecified atom stereocenters. The molecule has 0 aliphatic rings.